The van der Waals surface area contributed by atoms with Crippen LogP contribution in [0, 0.1) is 10.1 Å². The first-order chi connectivity index (χ1) is 6.67. The van der Waals surface area contributed by atoms with Gasteiger partial charge in [0, 0.05) is 12.0 Å². The summed E-state index contributed by atoms with van der Waals surface area (Å²) < 4.78 is 0. The molecule has 76 valence electrons. The van der Waals surface area contributed by atoms with Crippen molar-refractivity contribution in [1.82, 2.24) is 15.5 Å². The third kappa shape index (κ3) is 1.48. The minimum Gasteiger partial charge on any atom is -0.314 e. The highest BCUT2D eigenvalue weighted by Gasteiger charge is 2.42. The van der Waals surface area contributed by atoms with E-state index in [2.05, 4.69) is 15.5 Å². The van der Waals surface area contributed by atoms with Crippen LogP contribution in [0.5, 0.6) is 0 Å². The van der Waals surface area contributed by atoms with Gasteiger partial charge in [0.1, 0.15) is 11.9 Å². The molecule has 0 saturated heterocycles. The Morgan fingerprint density at radius 2 is 2.50 bits per heavy atom. The smallest absolute Gasteiger partial charge is 0.309 e. The van der Waals surface area contributed by atoms with Gasteiger partial charge in [-0.1, -0.05) is 0 Å². The highest BCUT2D eigenvalue weighted by Crippen LogP contribution is 2.39. The molecular formula is C8H12N4O2. The third-order valence-electron chi connectivity index (χ3n) is 2.79. The van der Waals surface area contributed by atoms with E-state index in [-0.39, 0.29) is 11.2 Å². The lowest BCUT2D eigenvalue weighted by molar-refractivity contribution is -0.385. The van der Waals surface area contributed by atoms with Gasteiger partial charge in [-0.2, -0.15) is 5.10 Å². The summed E-state index contributed by atoms with van der Waals surface area (Å²) in [6.45, 7) is 0. The summed E-state index contributed by atoms with van der Waals surface area (Å²) in [5.41, 5.74) is 0.769. The molecule has 0 spiro atoms. The Kier molecular flexibility index (Phi) is 1.99. The summed E-state index contributed by atoms with van der Waals surface area (Å²) >= 11 is 0. The fraction of sp³-hybridized carbons (Fsp3) is 0.625. The van der Waals surface area contributed by atoms with Crippen LogP contribution in [0.25, 0.3) is 0 Å². The van der Waals surface area contributed by atoms with Crippen LogP contribution in [0.1, 0.15) is 18.5 Å². The van der Waals surface area contributed by atoms with Crippen LogP contribution in [0.4, 0.5) is 5.69 Å². The molecule has 6 heteroatoms. The highest BCUT2D eigenvalue weighted by molar-refractivity contribution is 5.34. The number of aromatic nitrogens is 2. The van der Waals surface area contributed by atoms with Crippen LogP contribution in [-0.2, 0) is 6.42 Å². The number of nitro groups is 1. The first kappa shape index (κ1) is 9.14. The molecule has 6 nitrogen and oxygen atoms in total. The molecule has 2 N–H and O–H groups in total. The monoisotopic (exact) mass is 196 g/mol. The van der Waals surface area contributed by atoms with Gasteiger partial charge in [-0.25, -0.2) is 0 Å². The molecule has 14 heavy (non-hydrogen) atoms. The van der Waals surface area contributed by atoms with Gasteiger partial charge in [0.15, 0.2) is 0 Å². The molecule has 0 unspecified atom stereocenters. The summed E-state index contributed by atoms with van der Waals surface area (Å²) in [5, 5.41) is 20.2. The Morgan fingerprint density at radius 1 is 1.79 bits per heavy atom. The maximum atomic E-state index is 10.6. The zero-order chi connectivity index (χ0) is 10.2. The zero-order valence-corrected chi connectivity index (χ0v) is 7.91. The van der Waals surface area contributed by atoms with E-state index in [4.69, 9.17) is 0 Å². The lowest BCUT2D eigenvalue weighted by Gasteiger charge is -2.11. The molecule has 1 saturated carbocycles. The second-order valence-corrected chi connectivity index (χ2v) is 3.70. The van der Waals surface area contributed by atoms with Crippen molar-refractivity contribution >= 4 is 5.69 Å². The second kappa shape index (κ2) is 3.06. The van der Waals surface area contributed by atoms with Gasteiger partial charge >= 0.3 is 5.69 Å². The number of H-pyrrole nitrogens is 1. The van der Waals surface area contributed by atoms with E-state index in [0.29, 0.717) is 12.1 Å². The standard InChI is InChI=1S/C8H12N4O2/c1-9-8(2-3-8)4-6-7(12(13)14)5-10-11-6/h5,9H,2-4H2,1H3,(H,10,11). The maximum Gasteiger partial charge on any atom is 0.309 e. The van der Waals surface area contributed by atoms with E-state index in [1.807, 2.05) is 7.05 Å². The molecule has 1 fully saturated rings. The summed E-state index contributed by atoms with van der Waals surface area (Å²) in [6, 6.07) is 0. The highest BCUT2D eigenvalue weighted by atomic mass is 16.6. The van der Waals surface area contributed by atoms with Crippen molar-refractivity contribution < 1.29 is 4.92 Å². The van der Waals surface area contributed by atoms with Crippen LogP contribution in [0.3, 0.4) is 0 Å². The number of hydrogen-bond acceptors (Lipinski definition) is 4. The number of likely N-dealkylation sites (N-methyl/N-ethyl adjacent to an activating group) is 1. The van der Waals surface area contributed by atoms with Crippen molar-refractivity contribution in [2.45, 2.75) is 24.8 Å². The van der Waals surface area contributed by atoms with Crippen LogP contribution in [0.15, 0.2) is 6.20 Å². The fourth-order valence-corrected chi connectivity index (χ4v) is 1.60. The molecule has 0 radical (unpaired) electrons. The Labute approximate surface area is 80.9 Å². The number of hydrogen-bond donors (Lipinski definition) is 2. The molecule has 1 heterocycles. The van der Waals surface area contributed by atoms with Gasteiger partial charge in [0.05, 0.1) is 4.92 Å². The van der Waals surface area contributed by atoms with Gasteiger partial charge in [-0.15, -0.1) is 0 Å². The summed E-state index contributed by atoms with van der Waals surface area (Å²) in [7, 11) is 1.88. The second-order valence-electron chi connectivity index (χ2n) is 3.70. The minimum absolute atomic E-state index is 0.0668. The Morgan fingerprint density at radius 3 is 3.00 bits per heavy atom. The Balaban J connectivity index is 2.16. The molecule has 0 amide bonds. The summed E-state index contributed by atoms with van der Waals surface area (Å²) in [6.07, 6.45) is 4.06. The number of nitrogens with one attached hydrogen (secondary N) is 2. The first-order valence-electron chi connectivity index (χ1n) is 4.52. The van der Waals surface area contributed by atoms with Gasteiger partial charge in [0.2, 0.25) is 0 Å². The quantitative estimate of drug-likeness (QED) is 0.546. The van der Waals surface area contributed by atoms with Crippen molar-refractivity contribution in [2.24, 2.45) is 0 Å². The number of rotatable bonds is 4. The summed E-state index contributed by atoms with van der Waals surface area (Å²) in [5.74, 6) is 0. The topological polar surface area (TPSA) is 83.8 Å². The Bertz CT molecular complexity index is 356. The van der Waals surface area contributed by atoms with E-state index in [1.54, 1.807) is 0 Å². The van der Waals surface area contributed by atoms with Crippen molar-refractivity contribution in [3.05, 3.63) is 22.0 Å². The van der Waals surface area contributed by atoms with Gasteiger partial charge in [0.25, 0.3) is 0 Å². The van der Waals surface area contributed by atoms with Crippen molar-refractivity contribution in [2.75, 3.05) is 7.05 Å². The van der Waals surface area contributed by atoms with E-state index in [9.17, 15) is 10.1 Å². The molecule has 0 bridgehead atoms. The molecule has 1 aliphatic carbocycles. The molecule has 0 aliphatic heterocycles. The number of nitrogens with zero attached hydrogens (tertiary/aromatic N) is 2. The maximum absolute atomic E-state index is 10.6. The predicted octanol–water partition coefficient (Wildman–Crippen LogP) is 0.612. The average molecular weight is 196 g/mol. The van der Waals surface area contributed by atoms with Crippen LogP contribution >= 0.6 is 0 Å². The molecule has 1 aliphatic rings. The molecule has 1 aromatic heterocycles. The van der Waals surface area contributed by atoms with E-state index in [0.717, 1.165) is 12.8 Å². The van der Waals surface area contributed by atoms with E-state index < -0.39 is 4.92 Å². The van der Waals surface area contributed by atoms with Gasteiger partial charge in [-0.05, 0) is 19.9 Å². The molecule has 1 aromatic rings. The third-order valence-corrected chi connectivity index (χ3v) is 2.79. The van der Waals surface area contributed by atoms with Crippen LogP contribution < -0.4 is 5.32 Å². The lowest BCUT2D eigenvalue weighted by Crippen LogP contribution is -2.29. The Hall–Kier alpha value is -1.43. The molecule has 0 aromatic carbocycles. The SMILES string of the molecule is CNC1(Cc2[nH]ncc2[N+](=O)[O-])CC1. The number of aromatic amines is 1. The normalized spacial score (nSPS) is 18.1. The minimum atomic E-state index is -0.398. The molecule has 2 rings (SSSR count). The summed E-state index contributed by atoms with van der Waals surface area (Å²) in [4.78, 5) is 10.2. The predicted molar refractivity (Wildman–Crippen MR) is 50.0 cm³/mol. The zero-order valence-electron chi connectivity index (χ0n) is 7.91. The van der Waals surface area contributed by atoms with Crippen LogP contribution in [0.2, 0.25) is 0 Å². The van der Waals surface area contributed by atoms with Gasteiger partial charge in [-0.3, -0.25) is 15.2 Å². The molecular weight excluding hydrogens is 184 g/mol. The van der Waals surface area contributed by atoms with Gasteiger partial charge < -0.3 is 5.32 Å². The van der Waals surface area contributed by atoms with Crippen LogP contribution in [-0.4, -0.2) is 27.7 Å². The molecule has 0 atom stereocenters. The lowest BCUT2D eigenvalue weighted by atomic mass is 10.1. The van der Waals surface area contributed by atoms with E-state index >= 15 is 0 Å². The van der Waals surface area contributed by atoms with E-state index in [1.165, 1.54) is 6.20 Å². The van der Waals surface area contributed by atoms with Crippen molar-refractivity contribution in [3.63, 3.8) is 0 Å². The fourth-order valence-electron chi connectivity index (χ4n) is 1.60. The van der Waals surface area contributed by atoms with Crippen molar-refractivity contribution in [1.29, 1.82) is 0 Å². The first-order valence-corrected chi connectivity index (χ1v) is 4.52. The average Bonchev–Trinajstić information content (AvgIpc) is 2.76. The van der Waals surface area contributed by atoms with Crippen molar-refractivity contribution in [3.8, 4) is 0 Å². The largest absolute Gasteiger partial charge is 0.314 e.